The molecule has 2 N–H and O–H groups in total. The van der Waals surface area contributed by atoms with Gasteiger partial charge in [-0.1, -0.05) is 0 Å². The number of hydrogen-bond acceptors (Lipinski definition) is 4. The van der Waals surface area contributed by atoms with Crippen LogP contribution in [0.25, 0.3) is 0 Å². The minimum Gasteiger partial charge on any atom is -0.378 e. The van der Waals surface area contributed by atoms with Crippen molar-refractivity contribution in [2.75, 3.05) is 5.32 Å². The second-order valence-electron chi connectivity index (χ2n) is 3.70. The van der Waals surface area contributed by atoms with E-state index in [0.29, 0.717) is 12.2 Å². The van der Waals surface area contributed by atoms with Crippen LogP contribution in [0.5, 0.6) is 0 Å². The lowest BCUT2D eigenvalue weighted by molar-refractivity contribution is -0.384. The van der Waals surface area contributed by atoms with Crippen molar-refractivity contribution in [3.05, 3.63) is 52.1 Å². The molecule has 0 fully saturated rings. The normalized spacial score (nSPS) is 10.2. The maximum atomic E-state index is 10.7. The van der Waals surface area contributed by atoms with Crippen LogP contribution in [0.15, 0.2) is 30.6 Å². The van der Waals surface area contributed by atoms with Gasteiger partial charge in [-0.3, -0.25) is 10.1 Å². The Labute approximate surface area is 97.9 Å². The fourth-order valence-corrected chi connectivity index (χ4v) is 1.55. The maximum Gasteiger partial charge on any atom is 0.271 e. The average Bonchev–Trinajstić information content (AvgIpc) is 2.78. The Hall–Kier alpha value is -2.37. The number of H-pyrrole nitrogens is 1. The third-order valence-corrected chi connectivity index (χ3v) is 2.29. The van der Waals surface area contributed by atoms with E-state index in [1.54, 1.807) is 12.4 Å². The van der Waals surface area contributed by atoms with Gasteiger partial charge >= 0.3 is 0 Å². The molecule has 6 nitrogen and oxygen atoms in total. The van der Waals surface area contributed by atoms with Crippen LogP contribution in [0.4, 0.5) is 11.4 Å². The zero-order valence-electron chi connectivity index (χ0n) is 9.30. The Morgan fingerprint density at radius 3 is 2.94 bits per heavy atom. The van der Waals surface area contributed by atoms with Crippen molar-refractivity contribution >= 4 is 11.4 Å². The van der Waals surface area contributed by atoms with Gasteiger partial charge in [0.05, 0.1) is 11.5 Å². The van der Waals surface area contributed by atoms with Crippen molar-refractivity contribution in [1.29, 1.82) is 0 Å². The summed E-state index contributed by atoms with van der Waals surface area (Å²) >= 11 is 0. The molecule has 1 aromatic carbocycles. The fraction of sp³-hybridized carbons (Fsp3) is 0.182. The molecule has 6 heteroatoms. The average molecular weight is 232 g/mol. The van der Waals surface area contributed by atoms with Gasteiger partial charge in [0, 0.05) is 30.2 Å². The standard InChI is InChI=1S/C11H12N4O2/c1-8-4-9(6-10(5-8)15(16)17)14-7-11-12-2-3-13-11/h2-6,14H,7H2,1H3,(H,12,13). The van der Waals surface area contributed by atoms with Crippen molar-refractivity contribution in [2.24, 2.45) is 0 Å². The van der Waals surface area contributed by atoms with Crippen LogP contribution in [0.3, 0.4) is 0 Å². The molecule has 0 aliphatic rings. The van der Waals surface area contributed by atoms with Crippen LogP contribution in [0, 0.1) is 17.0 Å². The van der Waals surface area contributed by atoms with Crippen molar-refractivity contribution in [1.82, 2.24) is 9.97 Å². The number of aromatic amines is 1. The van der Waals surface area contributed by atoms with Gasteiger partial charge < -0.3 is 10.3 Å². The van der Waals surface area contributed by atoms with Gasteiger partial charge in [0.15, 0.2) is 0 Å². The number of nitrogens with zero attached hydrogens (tertiary/aromatic N) is 2. The Morgan fingerprint density at radius 2 is 2.29 bits per heavy atom. The van der Waals surface area contributed by atoms with E-state index < -0.39 is 4.92 Å². The highest BCUT2D eigenvalue weighted by Crippen LogP contribution is 2.20. The lowest BCUT2D eigenvalue weighted by Crippen LogP contribution is -2.02. The molecule has 88 valence electrons. The number of benzene rings is 1. The number of non-ortho nitro benzene ring substituents is 1. The quantitative estimate of drug-likeness (QED) is 0.625. The monoisotopic (exact) mass is 232 g/mol. The Bertz CT molecular complexity index is 522. The summed E-state index contributed by atoms with van der Waals surface area (Å²) < 4.78 is 0. The van der Waals surface area contributed by atoms with Crippen LogP contribution in [0.2, 0.25) is 0 Å². The molecule has 0 aliphatic heterocycles. The molecular weight excluding hydrogens is 220 g/mol. The summed E-state index contributed by atoms with van der Waals surface area (Å²) in [5.41, 5.74) is 1.65. The zero-order chi connectivity index (χ0) is 12.3. The van der Waals surface area contributed by atoms with Crippen LogP contribution < -0.4 is 5.32 Å². The maximum absolute atomic E-state index is 10.7. The minimum absolute atomic E-state index is 0.0898. The molecule has 2 aromatic rings. The molecule has 17 heavy (non-hydrogen) atoms. The van der Waals surface area contributed by atoms with E-state index >= 15 is 0 Å². The van der Waals surface area contributed by atoms with Gasteiger partial charge in [0.2, 0.25) is 0 Å². The molecule has 0 bridgehead atoms. The Balaban J connectivity index is 2.13. The molecule has 0 saturated carbocycles. The first-order valence-electron chi connectivity index (χ1n) is 5.13. The molecule has 2 rings (SSSR count). The van der Waals surface area contributed by atoms with Crippen molar-refractivity contribution < 1.29 is 4.92 Å². The number of imidazole rings is 1. The smallest absolute Gasteiger partial charge is 0.271 e. The molecule has 0 atom stereocenters. The number of nitrogens with one attached hydrogen (secondary N) is 2. The van der Waals surface area contributed by atoms with Gasteiger partial charge in [-0.05, 0) is 18.6 Å². The highest BCUT2D eigenvalue weighted by molar-refractivity contribution is 5.53. The second-order valence-corrected chi connectivity index (χ2v) is 3.70. The zero-order valence-corrected chi connectivity index (χ0v) is 9.30. The lowest BCUT2D eigenvalue weighted by Gasteiger charge is -2.05. The van der Waals surface area contributed by atoms with E-state index in [9.17, 15) is 10.1 Å². The van der Waals surface area contributed by atoms with Crippen LogP contribution in [-0.2, 0) is 6.54 Å². The highest BCUT2D eigenvalue weighted by Gasteiger charge is 2.07. The SMILES string of the molecule is Cc1cc(NCc2ncc[nH]2)cc([N+](=O)[O-])c1. The van der Waals surface area contributed by atoms with E-state index in [1.165, 1.54) is 12.1 Å². The fourth-order valence-electron chi connectivity index (χ4n) is 1.55. The van der Waals surface area contributed by atoms with Crippen molar-refractivity contribution in [3.8, 4) is 0 Å². The number of aryl methyl sites for hydroxylation is 1. The number of rotatable bonds is 4. The van der Waals surface area contributed by atoms with E-state index in [1.807, 2.05) is 13.0 Å². The van der Waals surface area contributed by atoms with E-state index in [0.717, 1.165) is 11.4 Å². The molecule has 0 amide bonds. The molecule has 0 spiro atoms. The predicted octanol–water partition coefficient (Wildman–Crippen LogP) is 2.24. The summed E-state index contributed by atoms with van der Waals surface area (Å²) in [5.74, 6) is 0.786. The van der Waals surface area contributed by atoms with Gasteiger partial charge in [0.1, 0.15) is 5.82 Å². The second kappa shape index (κ2) is 4.65. The third kappa shape index (κ3) is 2.81. The van der Waals surface area contributed by atoms with Crippen molar-refractivity contribution in [3.63, 3.8) is 0 Å². The number of anilines is 1. The molecule has 1 aromatic heterocycles. The highest BCUT2D eigenvalue weighted by atomic mass is 16.6. The van der Waals surface area contributed by atoms with Gasteiger partial charge in [0.25, 0.3) is 5.69 Å². The van der Waals surface area contributed by atoms with E-state index in [4.69, 9.17) is 0 Å². The van der Waals surface area contributed by atoms with E-state index in [-0.39, 0.29) is 5.69 Å². The van der Waals surface area contributed by atoms with Gasteiger partial charge in [-0.2, -0.15) is 0 Å². The summed E-state index contributed by atoms with van der Waals surface area (Å²) in [5, 5.41) is 13.8. The number of nitro benzene ring substituents is 1. The molecular formula is C11H12N4O2. The van der Waals surface area contributed by atoms with Crippen molar-refractivity contribution in [2.45, 2.75) is 13.5 Å². The molecule has 0 aliphatic carbocycles. The Morgan fingerprint density at radius 1 is 1.47 bits per heavy atom. The molecule has 0 radical (unpaired) electrons. The lowest BCUT2D eigenvalue weighted by atomic mass is 10.2. The van der Waals surface area contributed by atoms with Gasteiger partial charge in [-0.15, -0.1) is 0 Å². The first kappa shape index (κ1) is 11.1. The number of hydrogen-bond donors (Lipinski definition) is 2. The summed E-state index contributed by atoms with van der Waals surface area (Å²) in [6, 6.07) is 4.91. The molecule has 1 heterocycles. The number of nitro groups is 1. The topological polar surface area (TPSA) is 83.8 Å². The Kier molecular flexibility index (Phi) is 3.04. The van der Waals surface area contributed by atoms with Crippen LogP contribution in [0.1, 0.15) is 11.4 Å². The summed E-state index contributed by atoms with van der Waals surface area (Å²) in [7, 11) is 0. The van der Waals surface area contributed by atoms with E-state index in [2.05, 4.69) is 15.3 Å². The minimum atomic E-state index is -0.398. The molecule has 0 unspecified atom stereocenters. The predicted molar refractivity (Wildman–Crippen MR) is 63.7 cm³/mol. The third-order valence-electron chi connectivity index (χ3n) is 2.29. The summed E-state index contributed by atoms with van der Waals surface area (Å²) in [6.45, 7) is 2.33. The van der Waals surface area contributed by atoms with Gasteiger partial charge in [-0.25, -0.2) is 4.98 Å². The van der Waals surface area contributed by atoms with Crippen LogP contribution in [-0.4, -0.2) is 14.9 Å². The summed E-state index contributed by atoms with van der Waals surface area (Å²) in [4.78, 5) is 17.3. The first-order chi connectivity index (χ1) is 8.15. The summed E-state index contributed by atoms with van der Waals surface area (Å²) in [6.07, 6.45) is 3.39. The van der Waals surface area contributed by atoms with Crippen LogP contribution >= 0.6 is 0 Å². The first-order valence-corrected chi connectivity index (χ1v) is 5.13. The molecule has 0 saturated heterocycles. The number of aromatic nitrogens is 2. The largest absolute Gasteiger partial charge is 0.378 e.